The van der Waals surface area contributed by atoms with Gasteiger partial charge in [0.1, 0.15) is 0 Å². The Kier molecular flexibility index (Phi) is 3.22. The van der Waals surface area contributed by atoms with E-state index in [0.29, 0.717) is 23.1 Å². The summed E-state index contributed by atoms with van der Waals surface area (Å²) in [5.41, 5.74) is 0.819. The first-order valence-corrected chi connectivity index (χ1v) is 7.87. The molecule has 0 radical (unpaired) electrons. The maximum Gasteiger partial charge on any atom is 0.0729 e. The van der Waals surface area contributed by atoms with Gasteiger partial charge in [-0.1, -0.05) is 20.8 Å². The molecule has 1 aliphatic heterocycles. The molecule has 1 saturated heterocycles. The minimum atomic E-state index is 0.321. The zero-order valence-electron chi connectivity index (χ0n) is 12.3. The summed E-state index contributed by atoms with van der Waals surface area (Å²) in [5, 5.41) is 4.02. The number of rotatable bonds is 0. The van der Waals surface area contributed by atoms with Gasteiger partial charge < -0.3 is 10.1 Å². The van der Waals surface area contributed by atoms with Crippen LogP contribution in [0.3, 0.4) is 0 Å². The van der Waals surface area contributed by atoms with Crippen molar-refractivity contribution in [1.29, 1.82) is 0 Å². The molecule has 0 aromatic carbocycles. The Morgan fingerprint density at radius 1 is 1.06 bits per heavy atom. The Balaban J connectivity index is 1.67. The van der Waals surface area contributed by atoms with Crippen LogP contribution in [0.15, 0.2) is 0 Å². The van der Waals surface area contributed by atoms with Gasteiger partial charge in [0, 0.05) is 11.6 Å². The SMILES string of the molecule is CC1CCC2(CC1)COC1CCC(C)(C)CC1N2. The molecular weight excluding hydrogens is 222 g/mol. The van der Waals surface area contributed by atoms with Crippen LogP contribution in [0.25, 0.3) is 0 Å². The van der Waals surface area contributed by atoms with Crippen LogP contribution in [0.2, 0.25) is 0 Å². The van der Waals surface area contributed by atoms with Gasteiger partial charge in [-0.05, 0) is 56.3 Å². The lowest BCUT2D eigenvalue weighted by Gasteiger charge is -2.52. The number of hydrogen-bond acceptors (Lipinski definition) is 2. The second kappa shape index (κ2) is 4.49. The minimum absolute atomic E-state index is 0.321. The van der Waals surface area contributed by atoms with E-state index in [0.717, 1.165) is 12.5 Å². The van der Waals surface area contributed by atoms with Crippen LogP contribution < -0.4 is 5.32 Å². The molecule has 2 heteroatoms. The molecule has 0 aromatic rings. The highest BCUT2D eigenvalue weighted by molar-refractivity contribution is 5.02. The van der Waals surface area contributed by atoms with Gasteiger partial charge in [-0.3, -0.25) is 0 Å². The van der Waals surface area contributed by atoms with E-state index in [1.807, 2.05) is 0 Å². The second-order valence-corrected chi connectivity index (χ2v) is 7.97. The molecule has 2 nitrogen and oxygen atoms in total. The quantitative estimate of drug-likeness (QED) is 0.711. The monoisotopic (exact) mass is 251 g/mol. The first kappa shape index (κ1) is 12.9. The van der Waals surface area contributed by atoms with E-state index < -0.39 is 0 Å². The van der Waals surface area contributed by atoms with E-state index in [2.05, 4.69) is 26.1 Å². The van der Waals surface area contributed by atoms with Crippen molar-refractivity contribution in [3.8, 4) is 0 Å². The van der Waals surface area contributed by atoms with Crippen molar-refractivity contribution in [3.05, 3.63) is 0 Å². The van der Waals surface area contributed by atoms with E-state index in [9.17, 15) is 0 Å². The highest BCUT2D eigenvalue weighted by atomic mass is 16.5. The summed E-state index contributed by atoms with van der Waals surface area (Å²) in [5.74, 6) is 0.915. The van der Waals surface area contributed by atoms with Crippen molar-refractivity contribution in [3.63, 3.8) is 0 Å². The van der Waals surface area contributed by atoms with Crippen molar-refractivity contribution in [2.75, 3.05) is 6.61 Å². The van der Waals surface area contributed by atoms with E-state index >= 15 is 0 Å². The molecule has 104 valence electrons. The average Bonchev–Trinajstić information content (AvgIpc) is 2.32. The summed E-state index contributed by atoms with van der Waals surface area (Å²) < 4.78 is 6.24. The summed E-state index contributed by atoms with van der Waals surface area (Å²) in [6, 6.07) is 0.607. The van der Waals surface area contributed by atoms with Crippen molar-refractivity contribution in [1.82, 2.24) is 5.32 Å². The van der Waals surface area contributed by atoms with Gasteiger partial charge >= 0.3 is 0 Å². The molecule has 0 amide bonds. The van der Waals surface area contributed by atoms with Crippen LogP contribution in [-0.2, 0) is 4.74 Å². The van der Waals surface area contributed by atoms with E-state index in [1.165, 1.54) is 44.9 Å². The first-order chi connectivity index (χ1) is 8.48. The molecule has 18 heavy (non-hydrogen) atoms. The minimum Gasteiger partial charge on any atom is -0.375 e. The zero-order valence-corrected chi connectivity index (χ0v) is 12.3. The molecule has 1 spiro atoms. The molecular formula is C16H29NO. The Morgan fingerprint density at radius 2 is 1.78 bits per heavy atom. The molecule has 1 heterocycles. The fraction of sp³-hybridized carbons (Fsp3) is 1.00. The lowest BCUT2D eigenvalue weighted by atomic mass is 9.70. The number of morpholine rings is 1. The zero-order chi connectivity index (χ0) is 12.8. The summed E-state index contributed by atoms with van der Waals surface area (Å²) in [6.45, 7) is 8.18. The van der Waals surface area contributed by atoms with E-state index in [1.54, 1.807) is 0 Å². The van der Waals surface area contributed by atoms with Crippen LogP contribution in [0.5, 0.6) is 0 Å². The summed E-state index contributed by atoms with van der Waals surface area (Å²) >= 11 is 0. The van der Waals surface area contributed by atoms with Gasteiger partial charge in [0.15, 0.2) is 0 Å². The van der Waals surface area contributed by atoms with Gasteiger partial charge in [-0.25, -0.2) is 0 Å². The number of nitrogens with one attached hydrogen (secondary N) is 1. The average molecular weight is 251 g/mol. The van der Waals surface area contributed by atoms with E-state index in [-0.39, 0.29) is 0 Å². The Morgan fingerprint density at radius 3 is 2.50 bits per heavy atom. The van der Waals surface area contributed by atoms with Crippen molar-refractivity contribution in [2.24, 2.45) is 11.3 Å². The highest BCUT2D eigenvalue weighted by Crippen LogP contribution is 2.42. The third-order valence-corrected chi connectivity index (χ3v) is 5.62. The molecule has 2 atom stereocenters. The topological polar surface area (TPSA) is 21.3 Å². The van der Waals surface area contributed by atoms with Crippen LogP contribution in [0.4, 0.5) is 0 Å². The van der Waals surface area contributed by atoms with Crippen molar-refractivity contribution < 1.29 is 4.74 Å². The van der Waals surface area contributed by atoms with Crippen molar-refractivity contribution >= 4 is 0 Å². The Labute approximate surface area is 112 Å². The molecule has 3 fully saturated rings. The van der Waals surface area contributed by atoms with E-state index in [4.69, 9.17) is 4.74 Å². The molecule has 2 aliphatic carbocycles. The molecule has 2 unspecified atom stereocenters. The third-order valence-electron chi connectivity index (χ3n) is 5.62. The van der Waals surface area contributed by atoms with Gasteiger partial charge in [0.25, 0.3) is 0 Å². The molecule has 2 saturated carbocycles. The van der Waals surface area contributed by atoms with Gasteiger partial charge in [-0.2, -0.15) is 0 Å². The lowest BCUT2D eigenvalue weighted by Crippen LogP contribution is -2.65. The summed E-state index contributed by atoms with van der Waals surface area (Å²) in [4.78, 5) is 0. The Bertz CT molecular complexity index is 304. The van der Waals surface area contributed by atoms with Gasteiger partial charge in [-0.15, -0.1) is 0 Å². The molecule has 3 rings (SSSR count). The van der Waals surface area contributed by atoms with Crippen LogP contribution in [-0.4, -0.2) is 24.3 Å². The third kappa shape index (κ3) is 2.46. The number of fused-ring (bicyclic) bond motifs is 1. The maximum absolute atomic E-state index is 6.24. The molecule has 3 aliphatic rings. The molecule has 0 aromatic heterocycles. The summed E-state index contributed by atoms with van der Waals surface area (Å²) in [7, 11) is 0. The van der Waals surface area contributed by atoms with Crippen LogP contribution in [0.1, 0.15) is 65.7 Å². The van der Waals surface area contributed by atoms with Crippen LogP contribution in [0, 0.1) is 11.3 Å². The largest absolute Gasteiger partial charge is 0.375 e. The first-order valence-electron chi connectivity index (χ1n) is 7.87. The normalized spacial score (nSPS) is 47.8. The Hall–Kier alpha value is -0.0800. The summed E-state index contributed by atoms with van der Waals surface area (Å²) in [6.07, 6.45) is 9.72. The second-order valence-electron chi connectivity index (χ2n) is 7.97. The standard InChI is InChI=1S/C16H29NO/c1-12-4-8-16(9-5-12)11-18-14-6-7-15(2,3)10-13(14)17-16/h12-14,17H,4-11H2,1-3H3. The molecule has 0 bridgehead atoms. The maximum atomic E-state index is 6.24. The van der Waals surface area contributed by atoms with Gasteiger partial charge in [0.2, 0.25) is 0 Å². The van der Waals surface area contributed by atoms with Crippen LogP contribution >= 0.6 is 0 Å². The fourth-order valence-corrected chi connectivity index (χ4v) is 4.21. The molecule has 1 N–H and O–H groups in total. The predicted octanol–water partition coefficient (Wildman–Crippen LogP) is 3.50. The lowest BCUT2D eigenvalue weighted by molar-refractivity contribution is -0.105. The smallest absolute Gasteiger partial charge is 0.0729 e. The fourth-order valence-electron chi connectivity index (χ4n) is 4.21. The highest BCUT2D eigenvalue weighted by Gasteiger charge is 2.46. The number of ether oxygens (including phenoxy) is 1. The van der Waals surface area contributed by atoms with Gasteiger partial charge in [0.05, 0.1) is 12.7 Å². The predicted molar refractivity (Wildman–Crippen MR) is 74.7 cm³/mol. The number of hydrogen-bond donors (Lipinski definition) is 1. The van der Waals surface area contributed by atoms with Crippen molar-refractivity contribution in [2.45, 2.75) is 83.4 Å².